The number of rotatable bonds is 5. The standard InChI is InChI=1S/C17H28N2O/c1-13-6-8-15(9-7-13)11-16(19-18)17(20-3)10-4-5-14(2)12-17/h6-9,14,16,19H,4-5,10-12,18H2,1-3H3. The number of hydrogen-bond acceptors (Lipinski definition) is 3. The van der Waals surface area contributed by atoms with Crippen LogP contribution in [-0.4, -0.2) is 18.8 Å². The second-order valence-electron chi connectivity index (χ2n) is 6.38. The molecule has 3 unspecified atom stereocenters. The SMILES string of the molecule is COC1(C(Cc2ccc(C)cc2)NN)CCCC(C)C1. The summed E-state index contributed by atoms with van der Waals surface area (Å²) in [6.07, 6.45) is 5.62. The largest absolute Gasteiger partial charge is 0.377 e. The summed E-state index contributed by atoms with van der Waals surface area (Å²) >= 11 is 0. The van der Waals surface area contributed by atoms with Crippen LogP contribution in [0.3, 0.4) is 0 Å². The fourth-order valence-electron chi connectivity index (χ4n) is 3.54. The van der Waals surface area contributed by atoms with Gasteiger partial charge in [0, 0.05) is 7.11 Å². The highest BCUT2D eigenvalue weighted by Gasteiger charge is 2.41. The zero-order valence-electron chi connectivity index (χ0n) is 13.0. The summed E-state index contributed by atoms with van der Waals surface area (Å²) in [6, 6.07) is 8.86. The molecule has 0 heterocycles. The molecule has 3 heteroatoms. The molecule has 0 saturated heterocycles. The maximum absolute atomic E-state index is 5.96. The van der Waals surface area contributed by atoms with E-state index < -0.39 is 0 Å². The minimum absolute atomic E-state index is 0.128. The van der Waals surface area contributed by atoms with Crippen LogP contribution in [-0.2, 0) is 11.2 Å². The van der Waals surface area contributed by atoms with Crippen LogP contribution < -0.4 is 11.3 Å². The molecule has 112 valence electrons. The molecule has 3 atom stereocenters. The summed E-state index contributed by atoms with van der Waals surface area (Å²) < 4.78 is 5.96. The summed E-state index contributed by atoms with van der Waals surface area (Å²) in [4.78, 5) is 0. The van der Waals surface area contributed by atoms with Gasteiger partial charge in [-0.2, -0.15) is 0 Å². The monoisotopic (exact) mass is 276 g/mol. The van der Waals surface area contributed by atoms with Crippen molar-refractivity contribution in [2.24, 2.45) is 11.8 Å². The Hall–Kier alpha value is -0.900. The van der Waals surface area contributed by atoms with E-state index in [0.29, 0.717) is 5.92 Å². The Kier molecular flexibility index (Phi) is 5.19. The number of methoxy groups -OCH3 is 1. The fraction of sp³-hybridized carbons (Fsp3) is 0.647. The fourth-order valence-corrected chi connectivity index (χ4v) is 3.54. The van der Waals surface area contributed by atoms with E-state index in [2.05, 4.69) is 43.5 Å². The third-order valence-electron chi connectivity index (χ3n) is 4.79. The second kappa shape index (κ2) is 6.70. The van der Waals surface area contributed by atoms with Crippen LogP contribution in [0, 0.1) is 12.8 Å². The van der Waals surface area contributed by atoms with Crippen LogP contribution in [0.4, 0.5) is 0 Å². The van der Waals surface area contributed by atoms with Crippen molar-refractivity contribution in [2.75, 3.05) is 7.11 Å². The van der Waals surface area contributed by atoms with Crippen molar-refractivity contribution in [1.29, 1.82) is 0 Å². The van der Waals surface area contributed by atoms with Gasteiger partial charge in [0.25, 0.3) is 0 Å². The first-order valence-corrected chi connectivity index (χ1v) is 7.66. The van der Waals surface area contributed by atoms with Gasteiger partial charge in [-0.1, -0.05) is 49.6 Å². The summed E-state index contributed by atoms with van der Waals surface area (Å²) in [5, 5.41) is 0. The highest BCUT2D eigenvalue weighted by atomic mass is 16.5. The molecule has 0 bridgehead atoms. The number of hydrazine groups is 1. The minimum atomic E-state index is -0.128. The first kappa shape index (κ1) is 15.5. The van der Waals surface area contributed by atoms with Gasteiger partial charge in [0.1, 0.15) is 0 Å². The molecule has 20 heavy (non-hydrogen) atoms. The van der Waals surface area contributed by atoms with Crippen molar-refractivity contribution in [2.45, 2.75) is 57.6 Å². The molecule has 0 amide bonds. The van der Waals surface area contributed by atoms with E-state index in [9.17, 15) is 0 Å². The van der Waals surface area contributed by atoms with Crippen molar-refractivity contribution < 1.29 is 4.74 Å². The average molecular weight is 276 g/mol. The molecule has 1 aliphatic carbocycles. The molecule has 2 rings (SSSR count). The van der Waals surface area contributed by atoms with Crippen molar-refractivity contribution in [3.8, 4) is 0 Å². The van der Waals surface area contributed by atoms with Gasteiger partial charge in [-0.3, -0.25) is 11.3 Å². The predicted octanol–water partition coefficient (Wildman–Crippen LogP) is 2.96. The van der Waals surface area contributed by atoms with Gasteiger partial charge in [-0.15, -0.1) is 0 Å². The average Bonchev–Trinajstić information content (AvgIpc) is 2.46. The van der Waals surface area contributed by atoms with E-state index in [1.54, 1.807) is 0 Å². The molecule has 1 aliphatic rings. The molecule has 3 N–H and O–H groups in total. The number of benzene rings is 1. The van der Waals surface area contributed by atoms with Crippen LogP contribution in [0.25, 0.3) is 0 Å². The highest BCUT2D eigenvalue weighted by Crippen LogP contribution is 2.38. The van der Waals surface area contributed by atoms with Crippen molar-refractivity contribution >= 4 is 0 Å². The number of ether oxygens (including phenoxy) is 1. The molecular formula is C17H28N2O. The van der Waals surface area contributed by atoms with Crippen LogP contribution in [0.15, 0.2) is 24.3 Å². The normalized spacial score (nSPS) is 28.3. The van der Waals surface area contributed by atoms with Gasteiger partial charge < -0.3 is 4.74 Å². The Labute approximate surface area is 122 Å². The zero-order chi connectivity index (χ0) is 14.6. The predicted molar refractivity (Wildman–Crippen MR) is 83.4 cm³/mol. The smallest absolute Gasteiger partial charge is 0.0850 e. The maximum Gasteiger partial charge on any atom is 0.0850 e. The van der Waals surface area contributed by atoms with Gasteiger partial charge in [-0.05, 0) is 37.7 Å². The van der Waals surface area contributed by atoms with Gasteiger partial charge in [-0.25, -0.2) is 0 Å². The van der Waals surface area contributed by atoms with E-state index >= 15 is 0 Å². The number of aryl methyl sites for hydroxylation is 1. The van der Waals surface area contributed by atoms with Crippen LogP contribution in [0.2, 0.25) is 0 Å². The molecule has 0 aliphatic heterocycles. The third-order valence-corrected chi connectivity index (χ3v) is 4.79. The summed E-state index contributed by atoms with van der Waals surface area (Å²) in [6.45, 7) is 4.42. The lowest BCUT2D eigenvalue weighted by Crippen LogP contribution is -2.57. The van der Waals surface area contributed by atoms with E-state index in [4.69, 9.17) is 10.6 Å². The Balaban J connectivity index is 2.14. The molecule has 0 radical (unpaired) electrons. The molecule has 0 aromatic heterocycles. The summed E-state index contributed by atoms with van der Waals surface area (Å²) in [5.74, 6) is 6.56. The molecule has 1 aromatic carbocycles. The third kappa shape index (κ3) is 3.40. The van der Waals surface area contributed by atoms with Gasteiger partial charge in [0.15, 0.2) is 0 Å². The number of nitrogens with two attached hydrogens (primary N) is 1. The molecule has 1 fully saturated rings. The summed E-state index contributed by atoms with van der Waals surface area (Å²) in [7, 11) is 1.83. The van der Waals surface area contributed by atoms with E-state index in [-0.39, 0.29) is 11.6 Å². The lowest BCUT2D eigenvalue weighted by atomic mass is 9.73. The van der Waals surface area contributed by atoms with E-state index in [1.807, 2.05) is 7.11 Å². The van der Waals surface area contributed by atoms with Gasteiger partial charge >= 0.3 is 0 Å². The minimum Gasteiger partial charge on any atom is -0.377 e. The maximum atomic E-state index is 5.96. The Bertz CT molecular complexity index is 418. The van der Waals surface area contributed by atoms with Crippen molar-refractivity contribution in [1.82, 2.24) is 5.43 Å². The number of hydrogen-bond donors (Lipinski definition) is 2. The topological polar surface area (TPSA) is 47.3 Å². The van der Waals surface area contributed by atoms with Crippen LogP contribution in [0.1, 0.15) is 43.7 Å². The first-order valence-electron chi connectivity index (χ1n) is 7.66. The first-order chi connectivity index (χ1) is 9.59. The lowest BCUT2D eigenvalue weighted by Gasteiger charge is -2.44. The van der Waals surface area contributed by atoms with Crippen molar-refractivity contribution in [3.63, 3.8) is 0 Å². The molecule has 0 spiro atoms. The van der Waals surface area contributed by atoms with Gasteiger partial charge in [0.2, 0.25) is 0 Å². The molecular weight excluding hydrogens is 248 g/mol. The highest BCUT2D eigenvalue weighted by molar-refractivity contribution is 5.23. The Morgan fingerprint density at radius 3 is 2.65 bits per heavy atom. The van der Waals surface area contributed by atoms with Gasteiger partial charge in [0.05, 0.1) is 11.6 Å². The Morgan fingerprint density at radius 1 is 1.40 bits per heavy atom. The molecule has 3 nitrogen and oxygen atoms in total. The zero-order valence-corrected chi connectivity index (χ0v) is 13.0. The van der Waals surface area contributed by atoms with Crippen LogP contribution >= 0.6 is 0 Å². The lowest BCUT2D eigenvalue weighted by molar-refractivity contribution is -0.0791. The molecule has 1 saturated carbocycles. The van der Waals surface area contributed by atoms with E-state index in [0.717, 1.165) is 19.3 Å². The number of nitrogens with one attached hydrogen (secondary N) is 1. The van der Waals surface area contributed by atoms with E-state index in [1.165, 1.54) is 24.0 Å². The van der Waals surface area contributed by atoms with Crippen LogP contribution in [0.5, 0.6) is 0 Å². The quantitative estimate of drug-likeness (QED) is 0.642. The summed E-state index contributed by atoms with van der Waals surface area (Å²) in [5.41, 5.74) is 5.50. The second-order valence-corrected chi connectivity index (χ2v) is 6.38. The Morgan fingerprint density at radius 2 is 2.10 bits per heavy atom. The van der Waals surface area contributed by atoms with Crippen molar-refractivity contribution in [3.05, 3.63) is 35.4 Å². The molecule has 1 aromatic rings.